The van der Waals surface area contributed by atoms with Gasteiger partial charge in [-0.25, -0.2) is 0 Å². The highest BCUT2D eigenvalue weighted by atomic mass is 32.2. The lowest BCUT2D eigenvalue weighted by Crippen LogP contribution is -2.59. The van der Waals surface area contributed by atoms with Crippen LogP contribution >= 0.6 is 11.8 Å². The van der Waals surface area contributed by atoms with Crippen molar-refractivity contribution in [3.63, 3.8) is 0 Å². The Morgan fingerprint density at radius 3 is 2.48 bits per heavy atom. The van der Waals surface area contributed by atoms with Crippen LogP contribution in [0.4, 0.5) is 0 Å². The van der Waals surface area contributed by atoms with Crippen LogP contribution in [0.3, 0.4) is 0 Å². The quantitative estimate of drug-likeness (QED) is 0.497. The van der Waals surface area contributed by atoms with Crippen LogP contribution < -0.4 is 10.6 Å². The number of aliphatic hydroxyl groups excluding tert-OH is 1. The first-order valence-corrected chi connectivity index (χ1v) is 13.7. The number of fused-ring (bicyclic) bond motifs is 1. The van der Waals surface area contributed by atoms with Gasteiger partial charge in [0.05, 0.1) is 29.2 Å². The summed E-state index contributed by atoms with van der Waals surface area (Å²) in [4.78, 5) is 42.9. The van der Waals surface area contributed by atoms with Gasteiger partial charge in [-0.15, -0.1) is 11.8 Å². The molecule has 2 unspecified atom stereocenters. The van der Waals surface area contributed by atoms with Gasteiger partial charge in [-0.3, -0.25) is 14.4 Å². The van der Waals surface area contributed by atoms with Crippen LogP contribution in [0.1, 0.15) is 79.1 Å². The van der Waals surface area contributed by atoms with Crippen LogP contribution in [0, 0.1) is 17.8 Å². The fraction of sp³-hybridized carbons (Fsp3) is 0.880. The van der Waals surface area contributed by atoms with Crippen LogP contribution in [0.25, 0.3) is 0 Å². The van der Waals surface area contributed by atoms with Crippen molar-refractivity contribution in [2.45, 2.75) is 107 Å². The standard InChI is InChI=1S/C25H41N3O4S/c1-5-13-26-21(30)18-19-23(32)28(17(14-29)15(2)3)20(25(19)12-11-24(18,4)33-25)22(31)27-16-9-7-6-8-10-16/h15-20,29H,5-14H2,1-4H3,(H,26,30)(H,27,31)/t17-,18-,19-,20?,24+,25?/m0/s1. The van der Waals surface area contributed by atoms with E-state index in [0.717, 1.165) is 44.9 Å². The first-order chi connectivity index (χ1) is 15.7. The SMILES string of the molecule is CCCNC(=O)[C@@H]1[C@H]2C(=O)N([C@@H](CO)C(C)C)C(C(=O)NC3CCCCC3)C23CC[C@@]1(C)S3. The number of nitrogens with one attached hydrogen (secondary N) is 2. The maximum Gasteiger partial charge on any atom is 0.244 e. The van der Waals surface area contributed by atoms with E-state index in [1.54, 1.807) is 16.7 Å². The van der Waals surface area contributed by atoms with Gasteiger partial charge in [0, 0.05) is 17.3 Å². The molecule has 3 heterocycles. The maximum atomic E-state index is 14.1. The van der Waals surface area contributed by atoms with Crippen LogP contribution in [0.15, 0.2) is 0 Å². The second-order valence-corrected chi connectivity index (χ2v) is 13.0. The summed E-state index contributed by atoms with van der Waals surface area (Å²) in [6.07, 6.45) is 7.79. The molecular weight excluding hydrogens is 438 g/mol. The monoisotopic (exact) mass is 479 g/mol. The lowest BCUT2D eigenvalue weighted by molar-refractivity contribution is -0.144. The van der Waals surface area contributed by atoms with Gasteiger partial charge in [-0.05, 0) is 44.9 Å². The fourth-order valence-corrected chi connectivity index (χ4v) is 9.27. The highest BCUT2D eigenvalue weighted by Crippen LogP contribution is 2.71. The zero-order valence-corrected chi connectivity index (χ0v) is 21.4. The van der Waals surface area contributed by atoms with E-state index in [9.17, 15) is 19.5 Å². The normalized spacial score (nSPS) is 36.8. The van der Waals surface area contributed by atoms with Gasteiger partial charge in [0.1, 0.15) is 6.04 Å². The fourth-order valence-electron chi connectivity index (χ4n) is 6.93. The average Bonchev–Trinajstić information content (AvgIpc) is 3.34. The number of aliphatic hydroxyl groups is 1. The van der Waals surface area contributed by atoms with Crippen molar-refractivity contribution in [2.24, 2.45) is 17.8 Å². The van der Waals surface area contributed by atoms with Crippen LogP contribution in [-0.4, -0.2) is 68.5 Å². The van der Waals surface area contributed by atoms with Crippen LogP contribution in [-0.2, 0) is 14.4 Å². The molecule has 4 aliphatic rings. The van der Waals surface area contributed by atoms with Gasteiger partial charge in [0.2, 0.25) is 17.7 Å². The summed E-state index contributed by atoms with van der Waals surface area (Å²) in [5.74, 6) is -1.25. The molecule has 0 aromatic carbocycles. The summed E-state index contributed by atoms with van der Waals surface area (Å²) in [7, 11) is 0. The van der Waals surface area contributed by atoms with E-state index >= 15 is 0 Å². The average molecular weight is 480 g/mol. The third-order valence-corrected chi connectivity index (χ3v) is 10.5. The van der Waals surface area contributed by atoms with Crippen molar-refractivity contribution in [1.82, 2.24) is 15.5 Å². The van der Waals surface area contributed by atoms with Gasteiger partial charge in [-0.2, -0.15) is 0 Å². The predicted octanol–water partition coefficient (Wildman–Crippen LogP) is 2.46. The van der Waals surface area contributed by atoms with E-state index in [1.165, 1.54) is 6.42 Å². The van der Waals surface area contributed by atoms with Gasteiger partial charge < -0.3 is 20.6 Å². The van der Waals surface area contributed by atoms with Crippen molar-refractivity contribution in [2.75, 3.05) is 13.2 Å². The Kier molecular flexibility index (Phi) is 7.08. The molecule has 0 aromatic heterocycles. The van der Waals surface area contributed by atoms with Crippen molar-refractivity contribution >= 4 is 29.5 Å². The molecular formula is C25H41N3O4S. The number of hydrogen-bond acceptors (Lipinski definition) is 5. The number of nitrogens with zero attached hydrogens (tertiary/aromatic N) is 1. The maximum absolute atomic E-state index is 14.1. The number of likely N-dealkylation sites (tertiary alicyclic amines) is 1. The van der Waals surface area contributed by atoms with Gasteiger partial charge in [0.25, 0.3) is 0 Å². The Hall–Kier alpha value is -1.28. The molecule has 6 atom stereocenters. The third kappa shape index (κ3) is 3.99. The second kappa shape index (κ2) is 9.40. The van der Waals surface area contributed by atoms with E-state index in [4.69, 9.17) is 0 Å². The topological polar surface area (TPSA) is 98.7 Å². The predicted molar refractivity (Wildman–Crippen MR) is 130 cm³/mol. The molecule has 4 rings (SSSR count). The molecule has 33 heavy (non-hydrogen) atoms. The number of carbonyl (C=O) groups is 3. The number of hydrogen-bond donors (Lipinski definition) is 3. The zero-order valence-electron chi connectivity index (χ0n) is 20.6. The first-order valence-electron chi connectivity index (χ1n) is 12.9. The van der Waals surface area contributed by atoms with Crippen molar-refractivity contribution in [3.8, 4) is 0 Å². The first kappa shape index (κ1) is 24.8. The minimum Gasteiger partial charge on any atom is -0.394 e. The van der Waals surface area contributed by atoms with E-state index in [0.29, 0.717) is 6.54 Å². The lowest BCUT2D eigenvalue weighted by Gasteiger charge is -2.39. The number of carbonyl (C=O) groups excluding carboxylic acids is 3. The van der Waals surface area contributed by atoms with Crippen molar-refractivity contribution in [1.29, 1.82) is 0 Å². The Morgan fingerprint density at radius 1 is 1.18 bits per heavy atom. The molecule has 1 aliphatic carbocycles. The van der Waals surface area contributed by atoms with Gasteiger partial charge in [-0.1, -0.05) is 40.0 Å². The summed E-state index contributed by atoms with van der Waals surface area (Å²) in [6.45, 7) is 8.47. The van der Waals surface area contributed by atoms with E-state index < -0.39 is 28.7 Å². The molecule has 4 fully saturated rings. The largest absolute Gasteiger partial charge is 0.394 e. The number of thioether (sulfide) groups is 1. The summed E-state index contributed by atoms with van der Waals surface area (Å²) in [5, 5.41) is 16.6. The van der Waals surface area contributed by atoms with Crippen molar-refractivity contribution in [3.05, 3.63) is 0 Å². The Bertz CT molecular complexity index is 786. The molecule has 7 nitrogen and oxygen atoms in total. The summed E-state index contributed by atoms with van der Waals surface area (Å²) < 4.78 is -0.957. The summed E-state index contributed by atoms with van der Waals surface area (Å²) in [6, 6.07) is -0.938. The number of rotatable bonds is 8. The summed E-state index contributed by atoms with van der Waals surface area (Å²) in [5.41, 5.74) is 0. The van der Waals surface area contributed by atoms with E-state index in [1.807, 2.05) is 20.8 Å². The minimum absolute atomic E-state index is 0.00399. The molecule has 3 saturated heterocycles. The molecule has 1 saturated carbocycles. The Morgan fingerprint density at radius 2 is 1.88 bits per heavy atom. The highest BCUT2D eigenvalue weighted by Gasteiger charge is 2.77. The molecule has 3 aliphatic heterocycles. The Balaban J connectivity index is 1.72. The van der Waals surface area contributed by atoms with Crippen LogP contribution in [0.5, 0.6) is 0 Å². The highest BCUT2D eigenvalue weighted by molar-refractivity contribution is 8.02. The lowest BCUT2D eigenvalue weighted by atomic mass is 9.66. The molecule has 0 aromatic rings. The molecule has 3 amide bonds. The second-order valence-electron chi connectivity index (χ2n) is 11.1. The molecule has 1 spiro atoms. The molecule has 186 valence electrons. The molecule has 2 bridgehead atoms. The summed E-state index contributed by atoms with van der Waals surface area (Å²) >= 11 is 1.70. The molecule has 0 radical (unpaired) electrons. The molecule has 3 N–H and O–H groups in total. The van der Waals surface area contributed by atoms with E-state index in [2.05, 4.69) is 17.6 Å². The van der Waals surface area contributed by atoms with Gasteiger partial charge in [0.15, 0.2) is 0 Å². The van der Waals surface area contributed by atoms with Gasteiger partial charge >= 0.3 is 0 Å². The Labute approximate surface area is 202 Å². The third-order valence-electron chi connectivity index (χ3n) is 8.56. The molecule has 8 heteroatoms. The number of amides is 3. The smallest absolute Gasteiger partial charge is 0.244 e. The zero-order chi connectivity index (χ0) is 24.0. The van der Waals surface area contributed by atoms with Crippen LogP contribution in [0.2, 0.25) is 0 Å². The van der Waals surface area contributed by atoms with E-state index in [-0.39, 0.29) is 41.0 Å². The van der Waals surface area contributed by atoms with Crippen molar-refractivity contribution < 1.29 is 19.5 Å². The minimum atomic E-state index is -0.646.